The van der Waals surface area contributed by atoms with Crippen molar-refractivity contribution in [3.05, 3.63) is 71.3 Å². The zero-order valence-electron chi connectivity index (χ0n) is 18.6. The standard InChI is InChI=1S/C25H29N5O2/c1-3-26-25(32)21-16-23(27-22-10-5-4-9-20(21)22)28-24(31)19-8-6-7-18(15-19)17-30-13-11-29(2)12-14-30/h4-10,15-16H,3,11-14,17H2,1-2H3,(H,26,32)(H,27,28,31). The van der Waals surface area contributed by atoms with Gasteiger partial charge in [0.05, 0.1) is 11.1 Å². The number of likely N-dealkylation sites (N-methyl/N-ethyl adjacent to an activating group) is 1. The summed E-state index contributed by atoms with van der Waals surface area (Å²) in [6, 6.07) is 16.8. The van der Waals surface area contributed by atoms with E-state index in [1.54, 1.807) is 12.1 Å². The number of fused-ring (bicyclic) bond motifs is 1. The summed E-state index contributed by atoms with van der Waals surface area (Å²) >= 11 is 0. The lowest BCUT2D eigenvalue weighted by molar-refractivity contribution is 0.0956. The van der Waals surface area contributed by atoms with Crippen molar-refractivity contribution in [1.29, 1.82) is 0 Å². The number of carbonyl (C=O) groups excluding carboxylic acids is 2. The molecular formula is C25H29N5O2. The Kier molecular flexibility index (Phi) is 6.78. The van der Waals surface area contributed by atoms with Gasteiger partial charge in [0.25, 0.3) is 11.8 Å². The number of hydrogen-bond donors (Lipinski definition) is 2. The Balaban J connectivity index is 1.53. The van der Waals surface area contributed by atoms with Crippen LogP contribution in [0.15, 0.2) is 54.6 Å². The summed E-state index contributed by atoms with van der Waals surface area (Å²) in [4.78, 5) is 34.8. The first kappa shape index (κ1) is 21.9. The van der Waals surface area contributed by atoms with E-state index in [1.165, 1.54) is 0 Å². The van der Waals surface area contributed by atoms with Gasteiger partial charge in [-0.1, -0.05) is 30.3 Å². The lowest BCUT2D eigenvalue weighted by atomic mass is 10.1. The van der Waals surface area contributed by atoms with Gasteiger partial charge in [-0.3, -0.25) is 14.5 Å². The number of nitrogens with zero attached hydrogens (tertiary/aromatic N) is 3. The van der Waals surface area contributed by atoms with Gasteiger partial charge in [-0.2, -0.15) is 0 Å². The molecular weight excluding hydrogens is 402 g/mol. The number of hydrogen-bond acceptors (Lipinski definition) is 5. The van der Waals surface area contributed by atoms with Crippen molar-refractivity contribution in [2.45, 2.75) is 13.5 Å². The van der Waals surface area contributed by atoms with E-state index in [4.69, 9.17) is 0 Å². The first-order valence-corrected chi connectivity index (χ1v) is 11.0. The molecule has 2 N–H and O–H groups in total. The molecule has 1 aromatic heterocycles. The van der Waals surface area contributed by atoms with Crippen molar-refractivity contribution in [2.75, 3.05) is 45.1 Å². The smallest absolute Gasteiger partial charge is 0.256 e. The van der Waals surface area contributed by atoms with Crippen molar-refractivity contribution < 1.29 is 9.59 Å². The van der Waals surface area contributed by atoms with Crippen molar-refractivity contribution in [3.8, 4) is 0 Å². The van der Waals surface area contributed by atoms with Crippen LogP contribution in [-0.4, -0.2) is 66.4 Å². The average molecular weight is 432 g/mol. The summed E-state index contributed by atoms with van der Waals surface area (Å²) in [5.41, 5.74) is 2.84. The first-order chi connectivity index (χ1) is 15.5. The summed E-state index contributed by atoms with van der Waals surface area (Å²) in [5.74, 6) is -0.0648. The van der Waals surface area contributed by atoms with Gasteiger partial charge in [-0.25, -0.2) is 4.98 Å². The van der Waals surface area contributed by atoms with E-state index >= 15 is 0 Å². The van der Waals surface area contributed by atoms with E-state index in [2.05, 4.69) is 38.5 Å². The molecule has 1 aliphatic rings. The zero-order chi connectivity index (χ0) is 22.5. The lowest BCUT2D eigenvalue weighted by Gasteiger charge is -2.32. The van der Waals surface area contributed by atoms with E-state index in [9.17, 15) is 9.59 Å². The fourth-order valence-electron chi connectivity index (χ4n) is 3.95. The van der Waals surface area contributed by atoms with Gasteiger partial charge < -0.3 is 15.5 Å². The number of rotatable bonds is 6. The summed E-state index contributed by atoms with van der Waals surface area (Å²) < 4.78 is 0. The molecule has 32 heavy (non-hydrogen) atoms. The second kappa shape index (κ2) is 9.89. The highest BCUT2D eigenvalue weighted by atomic mass is 16.2. The van der Waals surface area contributed by atoms with Crippen LogP contribution in [0.1, 0.15) is 33.2 Å². The van der Waals surface area contributed by atoms with Crippen LogP contribution < -0.4 is 10.6 Å². The highest BCUT2D eigenvalue weighted by Crippen LogP contribution is 2.21. The molecule has 2 aromatic carbocycles. The lowest BCUT2D eigenvalue weighted by Crippen LogP contribution is -2.43. The van der Waals surface area contributed by atoms with Crippen molar-refractivity contribution in [1.82, 2.24) is 20.1 Å². The minimum atomic E-state index is -0.241. The molecule has 0 aliphatic carbocycles. The summed E-state index contributed by atoms with van der Waals surface area (Å²) in [7, 11) is 2.14. The minimum absolute atomic E-state index is 0.184. The molecule has 1 fully saturated rings. The van der Waals surface area contributed by atoms with E-state index in [0.717, 1.165) is 43.7 Å². The first-order valence-electron chi connectivity index (χ1n) is 11.0. The van der Waals surface area contributed by atoms with Gasteiger partial charge in [0.1, 0.15) is 5.82 Å². The van der Waals surface area contributed by atoms with E-state index < -0.39 is 0 Å². The fourth-order valence-corrected chi connectivity index (χ4v) is 3.95. The molecule has 2 heterocycles. The van der Waals surface area contributed by atoms with Gasteiger partial charge >= 0.3 is 0 Å². The fraction of sp³-hybridized carbons (Fsp3) is 0.320. The number of carbonyl (C=O) groups is 2. The van der Waals surface area contributed by atoms with E-state index in [-0.39, 0.29) is 11.8 Å². The number of para-hydroxylation sites is 1. The Labute approximate surface area is 188 Å². The van der Waals surface area contributed by atoms with Gasteiger partial charge in [-0.05, 0) is 43.8 Å². The number of aromatic nitrogens is 1. The molecule has 2 amide bonds. The van der Waals surface area contributed by atoms with Gasteiger partial charge in [0.2, 0.25) is 0 Å². The normalized spacial score (nSPS) is 14.9. The number of piperazine rings is 1. The molecule has 4 rings (SSSR count). The van der Waals surface area contributed by atoms with Gasteiger partial charge in [0, 0.05) is 50.2 Å². The van der Waals surface area contributed by atoms with E-state index in [0.29, 0.717) is 29.0 Å². The molecule has 3 aromatic rings. The molecule has 7 nitrogen and oxygen atoms in total. The summed E-state index contributed by atoms with van der Waals surface area (Å²) in [6.07, 6.45) is 0. The third kappa shape index (κ3) is 5.12. The second-order valence-electron chi connectivity index (χ2n) is 8.17. The van der Waals surface area contributed by atoms with Crippen LogP contribution >= 0.6 is 0 Å². The summed E-state index contributed by atoms with van der Waals surface area (Å²) in [6.45, 7) is 7.39. The SMILES string of the molecule is CCNC(=O)c1cc(NC(=O)c2cccc(CN3CCN(C)CC3)c2)nc2ccccc12. The van der Waals surface area contributed by atoms with Crippen LogP contribution in [0.4, 0.5) is 5.82 Å². The third-order valence-corrected chi connectivity index (χ3v) is 5.73. The number of amides is 2. The minimum Gasteiger partial charge on any atom is -0.352 e. The molecule has 0 radical (unpaired) electrons. The topological polar surface area (TPSA) is 77.6 Å². The van der Waals surface area contributed by atoms with Crippen LogP contribution in [0.2, 0.25) is 0 Å². The molecule has 7 heteroatoms. The van der Waals surface area contributed by atoms with Gasteiger partial charge in [-0.15, -0.1) is 0 Å². The van der Waals surface area contributed by atoms with E-state index in [1.807, 2.05) is 43.3 Å². The van der Waals surface area contributed by atoms with Gasteiger partial charge in [0.15, 0.2) is 0 Å². The number of nitrogens with one attached hydrogen (secondary N) is 2. The maximum atomic E-state index is 13.0. The van der Waals surface area contributed by atoms with Crippen LogP contribution in [-0.2, 0) is 6.54 Å². The van der Waals surface area contributed by atoms with Crippen molar-refractivity contribution in [3.63, 3.8) is 0 Å². The Bertz CT molecular complexity index is 1120. The maximum absolute atomic E-state index is 13.0. The van der Waals surface area contributed by atoms with Crippen molar-refractivity contribution in [2.24, 2.45) is 0 Å². The number of benzene rings is 2. The molecule has 1 aliphatic heterocycles. The predicted octanol–water partition coefficient (Wildman–Crippen LogP) is 2.98. The zero-order valence-corrected chi connectivity index (χ0v) is 18.6. The molecule has 0 bridgehead atoms. The monoisotopic (exact) mass is 431 g/mol. The average Bonchev–Trinajstić information content (AvgIpc) is 2.80. The highest BCUT2D eigenvalue weighted by Gasteiger charge is 2.16. The summed E-state index contributed by atoms with van der Waals surface area (Å²) in [5, 5.41) is 6.46. The largest absolute Gasteiger partial charge is 0.352 e. The Morgan fingerprint density at radius 3 is 2.53 bits per heavy atom. The quantitative estimate of drug-likeness (QED) is 0.628. The number of anilines is 1. The van der Waals surface area contributed by atoms with Crippen LogP contribution in [0.5, 0.6) is 0 Å². The van der Waals surface area contributed by atoms with Crippen LogP contribution in [0.3, 0.4) is 0 Å². The Morgan fingerprint density at radius 1 is 0.969 bits per heavy atom. The molecule has 0 saturated carbocycles. The predicted molar refractivity (Wildman–Crippen MR) is 127 cm³/mol. The Morgan fingerprint density at radius 2 is 1.75 bits per heavy atom. The Hall–Kier alpha value is -3.29. The maximum Gasteiger partial charge on any atom is 0.256 e. The molecule has 0 spiro atoms. The molecule has 0 unspecified atom stereocenters. The molecule has 1 saturated heterocycles. The number of pyridine rings is 1. The van der Waals surface area contributed by atoms with Crippen LogP contribution in [0, 0.1) is 0 Å². The third-order valence-electron chi connectivity index (χ3n) is 5.73. The molecule has 166 valence electrons. The van der Waals surface area contributed by atoms with Crippen LogP contribution in [0.25, 0.3) is 10.9 Å². The highest BCUT2D eigenvalue weighted by molar-refractivity contribution is 6.09. The second-order valence-corrected chi connectivity index (χ2v) is 8.17. The van der Waals surface area contributed by atoms with Crippen molar-refractivity contribution >= 4 is 28.5 Å². The molecule has 0 atom stereocenters.